The Balaban J connectivity index is 1.36. The number of anilines is 1. The lowest BCUT2D eigenvalue weighted by Crippen LogP contribution is -2.32. The summed E-state index contributed by atoms with van der Waals surface area (Å²) in [6.45, 7) is 3.06. The molecule has 126 valence electrons. The van der Waals surface area contributed by atoms with Crippen LogP contribution in [-0.4, -0.2) is 52.4 Å². The van der Waals surface area contributed by atoms with Crippen molar-refractivity contribution in [3.05, 3.63) is 35.9 Å². The molecule has 1 aliphatic heterocycles. The lowest BCUT2D eigenvalue weighted by Gasteiger charge is -2.30. The van der Waals surface area contributed by atoms with E-state index in [1.165, 1.54) is 5.56 Å². The maximum atomic E-state index is 5.43. The van der Waals surface area contributed by atoms with Crippen molar-refractivity contribution in [2.75, 3.05) is 32.1 Å². The van der Waals surface area contributed by atoms with Crippen molar-refractivity contribution in [3.63, 3.8) is 0 Å². The molecule has 0 atom stereocenters. The number of aromatic nitrogens is 4. The minimum absolute atomic E-state index is 0.373. The van der Waals surface area contributed by atoms with Crippen molar-refractivity contribution in [1.29, 1.82) is 0 Å². The molecule has 2 aromatic heterocycles. The van der Waals surface area contributed by atoms with Crippen molar-refractivity contribution >= 4 is 16.9 Å². The third-order valence-electron chi connectivity index (χ3n) is 4.68. The maximum absolute atomic E-state index is 5.43. The number of nitrogens with zero attached hydrogens (tertiary/aromatic N) is 5. The standard InChI is InChI=1S/C17H22N6O/c1-22(2)17-19-16(24-21-17)13-5-7-23(8-6-13)11-12-3-4-14-10-18-20-15(14)9-12/h3-4,9-10,13H,5-8,11H2,1-2H3,(H,18,20). The van der Waals surface area contributed by atoms with Gasteiger partial charge in [0.15, 0.2) is 0 Å². The summed E-state index contributed by atoms with van der Waals surface area (Å²) in [5.41, 5.74) is 2.42. The number of hydrogen-bond donors (Lipinski definition) is 1. The molecule has 0 radical (unpaired) electrons. The highest BCUT2D eigenvalue weighted by Crippen LogP contribution is 2.28. The van der Waals surface area contributed by atoms with Crippen LogP contribution in [0.5, 0.6) is 0 Å². The molecule has 0 spiro atoms. The number of aromatic amines is 1. The van der Waals surface area contributed by atoms with Crippen molar-refractivity contribution < 1.29 is 4.52 Å². The third-order valence-corrected chi connectivity index (χ3v) is 4.68. The van der Waals surface area contributed by atoms with Crippen LogP contribution in [0, 0.1) is 0 Å². The number of hydrogen-bond acceptors (Lipinski definition) is 6. The molecular formula is C17H22N6O. The number of piperidine rings is 1. The Labute approximate surface area is 140 Å². The summed E-state index contributed by atoms with van der Waals surface area (Å²) in [6.07, 6.45) is 3.97. The molecule has 0 bridgehead atoms. The van der Waals surface area contributed by atoms with Gasteiger partial charge in [-0.25, -0.2) is 0 Å². The summed E-state index contributed by atoms with van der Waals surface area (Å²) < 4.78 is 5.43. The van der Waals surface area contributed by atoms with Crippen LogP contribution in [0.2, 0.25) is 0 Å². The molecule has 0 aliphatic carbocycles. The first-order chi connectivity index (χ1) is 11.7. The van der Waals surface area contributed by atoms with Gasteiger partial charge in [-0.3, -0.25) is 10.00 Å². The highest BCUT2D eigenvalue weighted by molar-refractivity contribution is 5.78. The fourth-order valence-corrected chi connectivity index (χ4v) is 3.25. The van der Waals surface area contributed by atoms with Crippen molar-refractivity contribution in [3.8, 4) is 0 Å². The SMILES string of the molecule is CN(C)c1noc(C2CCN(Cc3ccc4cn[nH]c4c3)CC2)n1. The van der Waals surface area contributed by atoms with E-state index in [0.29, 0.717) is 11.9 Å². The lowest BCUT2D eigenvalue weighted by atomic mass is 9.96. The van der Waals surface area contributed by atoms with Crippen LogP contribution in [0.1, 0.15) is 30.2 Å². The van der Waals surface area contributed by atoms with Gasteiger partial charge in [0.2, 0.25) is 5.89 Å². The Kier molecular flexibility index (Phi) is 3.93. The number of fused-ring (bicyclic) bond motifs is 1. The zero-order valence-corrected chi connectivity index (χ0v) is 14.1. The van der Waals surface area contributed by atoms with E-state index in [2.05, 4.69) is 43.4 Å². The Bertz CT molecular complexity index is 815. The fraction of sp³-hybridized carbons (Fsp3) is 0.471. The van der Waals surface area contributed by atoms with Gasteiger partial charge in [-0.15, -0.1) is 0 Å². The van der Waals surface area contributed by atoms with E-state index < -0.39 is 0 Å². The molecule has 0 amide bonds. The zero-order chi connectivity index (χ0) is 16.5. The number of rotatable bonds is 4. The summed E-state index contributed by atoms with van der Waals surface area (Å²) >= 11 is 0. The van der Waals surface area contributed by atoms with Crippen molar-refractivity contribution in [2.45, 2.75) is 25.3 Å². The minimum Gasteiger partial charge on any atom is -0.344 e. The molecule has 0 unspecified atom stereocenters. The first kappa shape index (κ1) is 15.1. The number of nitrogens with one attached hydrogen (secondary N) is 1. The molecule has 3 heterocycles. The summed E-state index contributed by atoms with van der Waals surface area (Å²) in [6, 6.07) is 6.50. The van der Waals surface area contributed by atoms with Crippen molar-refractivity contribution in [2.24, 2.45) is 0 Å². The van der Waals surface area contributed by atoms with Crippen LogP contribution >= 0.6 is 0 Å². The molecule has 24 heavy (non-hydrogen) atoms. The zero-order valence-electron chi connectivity index (χ0n) is 14.1. The van der Waals surface area contributed by atoms with Gasteiger partial charge >= 0.3 is 0 Å². The largest absolute Gasteiger partial charge is 0.344 e. The average Bonchev–Trinajstić information content (AvgIpc) is 3.24. The second-order valence-corrected chi connectivity index (χ2v) is 6.67. The molecule has 7 heteroatoms. The molecule has 1 aromatic carbocycles. The van der Waals surface area contributed by atoms with E-state index in [1.54, 1.807) is 0 Å². The van der Waals surface area contributed by atoms with Gasteiger partial charge in [0.05, 0.1) is 11.7 Å². The van der Waals surface area contributed by atoms with Gasteiger partial charge in [0, 0.05) is 31.9 Å². The summed E-state index contributed by atoms with van der Waals surface area (Å²) in [5, 5.41) is 12.3. The molecule has 7 nitrogen and oxygen atoms in total. The Morgan fingerprint density at radius 1 is 1.29 bits per heavy atom. The summed E-state index contributed by atoms with van der Waals surface area (Å²) in [5.74, 6) is 1.80. The number of likely N-dealkylation sites (tertiary alicyclic amines) is 1. The van der Waals surface area contributed by atoms with Gasteiger partial charge in [-0.2, -0.15) is 10.1 Å². The van der Waals surface area contributed by atoms with Crippen molar-refractivity contribution in [1.82, 2.24) is 25.2 Å². The quantitative estimate of drug-likeness (QED) is 0.793. The van der Waals surface area contributed by atoms with E-state index in [9.17, 15) is 0 Å². The first-order valence-corrected chi connectivity index (χ1v) is 8.34. The number of benzene rings is 1. The predicted octanol–water partition coefficient (Wildman–Crippen LogP) is 2.39. The molecule has 3 aromatic rings. The average molecular weight is 326 g/mol. The van der Waals surface area contributed by atoms with Gasteiger partial charge < -0.3 is 9.42 Å². The van der Waals surface area contributed by atoms with Crippen LogP contribution in [0.25, 0.3) is 10.9 Å². The van der Waals surface area contributed by atoms with E-state index in [-0.39, 0.29) is 0 Å². The van der Waals surface area contributed by atoms with Gasteiger partial charge in [-0.05, 0) is 42.7 Å². The number of H-pyrrole nitrogens is 1. The second kappa shape index (κ2) is 6.24. The minimum atomic E-state index is 0.373. The van der Waals surface area contributed by atoms with E-state index in [1.807, 2.05) is 25.2 Å². The van der Waals surface area contributed by atoms with Crippen LogP contribution in [0.4, 0.5) is 5.95 Å². The lowest BCUT2D eigenvalue weighted by molar-refractivity contribution is 0.187. The Morgan fingerprint density at radius 2 is 2.12 bits per heavy atom. The molecule has 1 N–H and O–H groups in total. The monoisotopic (exact) mass is 326 g/mol. The highest BCUT2D eigenvalue weighted by Gasteiger charge is 2.25. The topological polar surface area (TPSA) is 74.1 Å². The molecule has 1 fully saturated rings. The van der Waals surface area contributed by atoms with Gasteiger partial charge in [0.25, 0.3) is 5.95 Å². The molecule has 4 rings (SSSR count). The second-order valence-electron chi connectivity index (χ2n) is 6.67. The highest BCUT2D eigenvalue weighted by atomic mass is 16.5. The van der Waals surface area contributed by atoms with Crippen LogP contribution in [-0.2, 0) is 6.54 Å². The maximum Gasteiger partial charge on any atom is 0.265 e. The molecule has 1 aliphatic rings. The molecule has 0 saturated carbocycles. The normalized spacial score (nSPS) is 16.8. The summed E-state index contributed by atoms with van der Waals surface area (Å²) in [4.78, 5) is 8.84. The van der Waals surface area contributed by atoms with E-state index in [0.717, 1.165) is 49.3 Å². The van der Waals surface area contributed by atoms with E-state index >= 15 is 0 Å². The molecular weight excluding hydrogens is 304 g/mol. The smallest absolute Gasteiger partial charge is 0.265 e. The van der Waals surface area contributed by atoms with Crippen LogP contribution in [0.15, 0.2) is 28.9 Å². The predicted molar refractivity (Wildman–Crippen MR) is 92.0 cm³/mol. The van der Waals surface area contributed by atoms with Crippen LogP contribution < -0.4 is 4.90 Å². The third kappa shape index (κ3) is 2.99. The Hall–Kier alpha value is -2.41. The summed E-state index contributed by atoms with van der Waals surface area (Å²) in [7, 11) is 3.85. The molecule has 1 saturated heterocycles. The van der Waals surface area contributed by atoms with Crippen LogP contribution in [0.3, 0.4) is 0 Å². The first-order valence-electron chi connectivity index (χ1n) is 8.34. The fourth-order valence-electron chi connectivity index (χ4n) is 3.25. The van der Waals surface area contributed by atoms with Gasteiger partial charge in [0.1, 0.15) is 0 Å². The Morgan fingerprint density at radius 3 is 2.88 bits per heavy atom. The van der Waals surface area contributed by atoms with E-state index in [4.69, 9.17) is 4.52 Å². The van der Waals surface area contributed by atoms with Gasteiger partial charge in [-0.1, -0.05) is 12.1 Å².